The van der Waals surface area contributed by atoms with Crippen LogP contribution in [0.1, 0.15) is 0 Å². The molecule has 4 aromatic heterocycles. The van der Waals surface area contributed by atoms with Crippen LogP contribution in [0, 0.1) is 0 Å². The summed E-state index contributed by atoms with van der Waals surface area (Å²) in [5.41, 5.74) is 11.2. The molecule has 11 aromatic rings. The second-order valence-electron chi connectivity index (χ2n) is 13.8. The highest BCUT2D eigenvalue weighted by molar-refractivity contribution is 6.11. The molecule has 0 spiro atoms. The van der Waals surface area contributed by atoms with Gasteiger partial charge in [0.05, 0.1) is 33.1 Å². The van der Waals surface area contributed by atoms with Gasteiger partial charge in [-0.05, 0) is 59.7 Å². The van der Waals surface area contributed by atoms with Gasteiger partial charge in [0.1, 0.15) is 5.65 Å². The average molecular weight is 706 g/mol. The molecule has 0 aliphatic rings. The number of nitrogens with zero attached hydrogens (tertiary/aromatic N) is 5. The Morgan fingerprint density at radius 3 is 1.80 bits per heavy atom. The lowest BCUT2D eigenvalue weighted by Gasteiger charge is -2.15. The smallest absolute Gasteiger partial charge is 0.268 e. The first-order chi connectivity index (χ1) is 27.2. The fourth-order valence-electron chi connectivity index (χ4n) is 8.25. The number of rotatable bonds is 5. The molecule has 0 saturated heterocycles. The van der Waals surface area contributed by atoms with E-state index >= 15 is 0 Å². The van der Waals surface area contributed by atoms with E-state index in [2.05, 4.69) is 94.0 Å². The first-order valence-corrected chi connectivity index (χ1v) is 18.4. The van der Waals surface area contributed by atoms with Crippen LogP contribution >= 0.6 is 0 Å². The second-order valence-corrected chi connectivity index (χ2v) is 13.8. The molecule has 0 fully saturated rings. The van der Waals surface area contributed by atoms with Gasteiger partial charge in [-0.1, -0.05) is 133 Å². The molecule has 0 saturated carbocycles. The van der Waals surface area contributed by atoms with E-state index in [0.717, 1.165) is 72.0 Å². The van der Waals surface area contributed by atoms with Crippen LogP contribution in [0.5, 0.6) is 0 Å². The summed E-state index contributed by atoms with van der Waals surface area (Å²) in [6.45, 7) is 0. The largest absolute Gasteiger partial charge is 0.309 e. The summed E-state index contributed by atoms with van der Waals surface area (Å²) in [4.78, 5) is 25.3. The maximum Gasteiger partial charge on any atom is 0.268 e. The lowest BCUT2D eigenvalue weighted by Crippen LogP contribution is -2.23. The molecule has 55 heavy (non-hydrogen) atoms. The molecule has 0 unspecified atom stereocenters. The van der Waals surface area contributed by atoms with Crippen LogP contribution in [-0.2, 0) is 0 Å². The number of fused-ring (bicyclic) bond motifs is 7. The van der Waals surface area contributed by atoms with Gasteiger partial charge in [-0.15, -0.1) is 0 Å². The van der Waals surface area contributed by atoms with Crippen molar-refractivity contribution in [3.8, 4) is 45.1 Å². The fraction of sp³-hybridized carbons (Fsp3) is 0. The van der Waals surface area contributed by atoms with Gasteiger partial charge < -0.3 is 8.97 Å². The number of hydrogen-bond donors (Lipinski definition) is 0. The highest BCUT2D eigenvalue weighted by Gasteiger charge is 2.25. The molecule has 0 N–H and O–H groups in total. The van der Waals surface area contributed by atoms with Gasteiger partial charge in [-0.3, -0.25) is 4.79 Å². The molecule has 4 heterocycles. The molecule has 6 heteroatoms. The van der Waals surface area contributed by atoms with Crippen molar-refractivity contribution in [1.29, 1.82) is 0 Å². The third-order valence-corrected chi connectivity index (χ3v) is 10.7. The van der Waals surface area contributed by atoms with Crippen LogP contribution in [0.15, 0.2) is 193 Å². The van der Waals surface area contributed by atoms with E-state index in [4.69, 9.17) is 9.97 Å². The molecule has 7 aromatic carbocycles. The molecular weight excluding hydrogens is 675 g/mol. The Kier molecular flexibility index (Phi) is 6.91. The Labute approximate surface area is 315 Å². The van der Waals surface area contributed by atoms with Crippen LogP contribution in [0.25, 0.3) is 94.4 Å². The van der Waals surface area contributed by atoms with Gasteiger partial charge in [0.15, 0.2) is 0 Å². The van der Waals surface area contributed by atoms with E-state index < -0.39 is 0 Å². The van der Waals surface area contributed by atoms with Crippen LogP contribution in [0.3, 0.4) is 0 Å². The topological polar surface area (TPSA) is 57.1 Å². The van der Waals surface area contributed by atoms with Crippen LogP contribution in [-0.4, -0.2) is 23.5 Å². The van der Waals surface area contributed by atoms with Gasteiger partial charge in [-0.2, -0.15) is 0 Å². The van der Waals surface area contributed by atoms with E-state index in [1.54, 1.807) is 4.57 Å². The second kappa shape index (κ2) is 12.3. The Balaban J connectivity index is 1.27. The summed E-state index contributed by atoms with van der Waals surface area (Å²) in [6, 6.07) is 62.0. The molecule has 0 aliphatic heterocycles. The summed E-state index contributed by atoms with van der Waals surface area (Å²) in [5, 5.41) is 3.83. The molecule has 0 amide bonds. The summed E-state index contributed by atoms with van der Waals surface area (Å²) < 4.78 is 6.19. The molecule has 0 atom stereocenters. The zero-order chi connectivity index (χ0) is 36.5. The predicted octanol–water partition coefficient (Wildman–Crippen LogP) is 11.3. The lowest BCUT2D eigenvalue weighted by atomic mass is 9.97. The Morgan fingerprint density at radius 1 is 0.436 bits per heavy atom. The summed E-state index contributed by atoms with van der Waals surface area (Å²) in [5.74, 6) is 0.321. The van der Waals surface area contributed by atoms with Crippen molar-refractivity contribution in [2.24, 2.45) is 0 Å². The van der Waals surface area contributed by atoms with Crippen molar-refractivity contribution >= 4 is 49.3 Å². The van der Waals surface area contributed by atoms with E-state index in [1.165, 1.54) is 5.39 Å². The first-order valence-electron chi connectivity index (χ1n) is 18.4. The minimum atomic E-state index is -0.180. The monoisotopic (exact) mass is 705 g/mol. The zero-order valence-corrected chi connectivity index (χ0v) is 29.5. The fourth-order valence-corrected chi connectivity index (χ4v) is 8.25. The molecular formula is C49H31N5O. The minimum Gasteiger partial charge on any atom is -0.309 e. The molecule has 0 aliphatic carbocycles. The Morgan fingerprint density at radius 2 is 1.04 bits per heavy atom. The van der Waals surface area contributed by atoms with Crippen molar-refractivity contribution in [1.82, 2.24) is 23.5 Å². The Bertz CT molecular complexity index is 3330. The summed E-state index contributed by atoms with van der Waals surface area (Å²) in [6.07, 6.45) is 2.17. The van der Waals surface area contributed by atoms with Gasteiger partial charge in [0, 0.05) is 44.7 Å². The minimum absolute atomic E-state index is 0.180. The summed E-state index contributed by atoms with van der Waals surface area (Å²) in [7, 11) is 0. The quantitative estimate of drug-likeness (QED) is 0.179. The molecule has 258 valence electrons. The van der Waals surface area contributed by atoms with Gasteiger partial charge in [0.25, 0.3) is 5.56 Å². The normalized spacial score (nSPS) is 11.7. The third kappa shape index (κ3) is 4.78. The average Bonchev–Trinajstić information content (AvgIpc) is 3.81. The van der Waals surface area contributed by atoms with E-state index in [9.17, 15) is 4.79 Å². The molecule has 11 rings (SSSR count). The number of aromatic nitrogens is 5. The van der Waals surface area contributed by atoms with Gasteiger partial charge in [0.2, 0.25) is 5.95 Å². The van der Waals surface area contributed by atoms with E-state index in [-0.39, 0.29) is 5.56 Å². The van der Waals surface area contributed by atoms with Crippen molar-refractivity contribution in [3.63, 3.8) is 0 Å². The standard InChI is InChI=1S/C49H31N5O/c55-48-38-24-12-14-26-42(38)52-31-40(34-28-29-44-39(30-34)36-22-11-15-27-43(36)53(44)35-20-8-3-9-21-35)45(32-16-4-1-5-17-32)47(52)54(48)49-50-41-25-13-10-23-37(41)46(51-49)33-18-6-2-7-19-33/h1-31H. The predicted molar refractivity (Wildman–Crippen MR) is 224 cm³/mol. The molecule has 6 nitrogen and oxygen atoms in total. The summed E-state index contributed by atoms with van der Waals surface area (Å²) >= 11 is 0. The number of benzene rings is 7. The Hall–Kier alpha value is -7.57. The lowest BCUT2D eigenvalue weighted by molar-refractivity contribution is 0.916. The van der Waals surface area contributed by atoms with Gasteiger partial charge in [-0.25, -0.2) is 14.5 Å². The van der Waals surface area contributed by atoms with Crippen molar-refractivity contribution in [2.75, 3.05) is 0 Å². The van der Waals surface area contributed by atoms with Crippen LogP contribution in [0.2, 0.25) is 0 Å². The third-order valence-electron chi connectivity index (χ3n) is 10.7. The number of para-hydroxylation sites is 4. The first kappa shape index (κ1) is 31.0. The highest BCUT2D eigenvalue weighted by atomic mass is 16.1. The maximum atomic E-state index is 15.0. The SMILES string of the molecule is O=c1c2ccccc2n2cc(-c3ccc4c(c3)c3ccccc3n4-c3ccccc3)c(-c3ccccc3)c2n1-c1nc(-c2ccccc2)c2ccccc2n1. The van der Waals surface area contributed by atoms with Crippen molar-refractivity contribution in [2.45, 2.75) is 0 Å². The van der Waals surface area contributed by atoms with E-state index in [1.807, 2.05) is 103 Å². The van der Waals surface area contributed by atoms with Crippen molar-refractivity contribution < 1.29 is 0 Å². The number of hydrogen-bond acceptors (Lipinski definition) is 3. The van der Waals surface area contributed by atoms with Crippen LogP contribution < -0.4 is 5.56 Å². The zero-order valence-electron chi connectivity index (χ0n) is 29.5. The van der Waals surface area contributed by atoms with E-state index in [0.29, 0.717) is 17.0 Å². The molecule has 0 bridgehead atoms. The van der Waals surface area contributed by atoms with Crippen LogP contribution in [0.4, 0.5) is 0 Å². The highest BCUT2D eigenvalue weighted by Crippen LogP contribution is 2.42. The molecule has 0 radical (unpaired) electrons. The maximum absolute atomic E-state index is 15.0. The van der Waals surface area contributed by atoms with Crippen molar-refractivity contribution in [3.05, 3.63) is 199 Å². The van der Waals surface area contributed by atoms with Gasteiger partial charge >= 0.3 is 0 Å².